The molecule has 0 saturated carbocycles. The van der Waals surface area contributed by atoms with E-state index in [1.807, 2.05) is 31.4 Å². The molecule has 0 spiro atoms. The van der Waals surface area contributed by atoms with Gasteiger partial charge in [-0.1, -0.05) is 13.0 Å². The highest BCUT2D eigenvalue weighted by Gasteiger charge is 2.17. The average Bonchev–Trinajstić information content (AvgIpc) is 2.76. The second kappa shape index (κ2) is 6.18. The molecule has 0 bridgehead atoms. The summed E-state index contributed by atoms with van der Waals surface area (Å²) in [6.45, 7) is 8.93. The molecule has 0 saturated heterocycles. The van der Waals surface area contributed by atoms with E-state index in [1.165, 1.54) is 6.07 Å². The first-order chi connectivity index (χ1) is 9.56. The van der Waals surface area contributed by atoms with E-state index in [0.29, 0.717) is 5.56 Å². The number of aryl methyl sites for hydroxylation is 1. The number of aromatic nitrogens is 2. The van der Waals surface area contributed by atoms with E-state index in [1.54, 1.807) is 12.4 Å². The average molecular weight is 275 g/mol. The van der Waals surface area contributed by atoms with Gasteiger partial charge in [0.15, 0.2) is 0 Å². The fraction of sp³-hybridized carbons (Fsp3) is 0.438. The summed E-state index contributed by atoms with van der Waals surface area (Å²) in [6, 6.07) is 5.17. The van der Waals surface area contributed by atoms with Crippen molar-refractivity contribution in [3.63, 3.8) is 0 Å². The number of imidazole rings is 1. The van der Waals surface area contributed by atoms with Gasteiger partial charge < -0.3 is 9.88 Å². The van der Waals surface area contributed by atoms with Gasteiger partial charge in [0, 0.05) is 17.3 Å². The van der Waals surface area contributed by atoms with Crippen LogP contribution in [0.2, 0.25) is 0 Å². The molecular weight excluding hydrogens is 253 g/mol. The smallest absolute Gasteiger partial charge is 0.130 e. The van der Waals surface area contributed by atoms with Crippen LogP contribution in [0.5, 0.6) is 0 Å². The molecule has 0 aliphatic heterocycles. The molecule has 1 aromatic heterocycles. The zero-order valence-corrected chi connectivity index (χ0v) is 12.6. The van der Waals surface area contributed by atoms with Crippen molar-refractivity contribution in [2.45, 2.75) is 40.2 Å². The summed E-state index contributed by atoms with van der Waals surface area (Å²) in [4.78, 5) is 4.30. The Balaban J connectivity index is 2.48. The van der Waals surface area contributed by atoms with Gasteiger partial charge in [0.2, 0.25) is 0 Å². The maximum absolute atomic E-state index is 14.3. The van der Waals surface area contributed by atoms with Crippen LogP contribution in [0.25, 0.3) is 5.69 Å². The van der Waals surface area contributed by atoms with Gasteiger partial charge in [-0.15, -0.1) is 0 Å². The maximum atomic E-state index is 14.3. The van der Waals surface area contributed by atoms with E-state index in [0.717, 1.165) is 30.0 Å². The molecule has 20 heavy (non-hydrogen) atoms. The van der Waals surface area contributed by atoms with Crippen molar-refractivity contribution >= 4 is 0 Å². The Kier molecular flexibility index (Phi) is 4.55. The lowest BCUT2D eigenvalue weighted by atomic mass is 10.0. The van der Waals surface area contributed by atoms with E-state index in [9.17, 15) is 4.39 Å². The predicted molar refractivity (Wildman–Crippen MR) is 79.7 cm³/mol. The third-order valence-electron chi connectivity index (χ3n) is 3.67. The molecule has 1 heterocycles. The lowest BCUT2D eigenvalue weighted by Gasteiger charge is -2.19. The first-order valence-corrected chi connectivity index (χ1v) is 7.09. The Labute approximate surface area is 119 Å². The van der Waals surface area contributed by atoms with E-state index in [4.69, 9.17) is 0 Å². The first kappa shape index (κ1) is 14.7. The highest BCUT2D eigenvalue weighted by molar-refractivity contribution is 5.45. The molecule has 0 amide bonds. The zero-order chi connectivity index (χ0) is 14.7. The Morgan fingerprint density at radius 2 is 2.10 bits per heavy atom. The summed E-state index contributed by atoms with van der Waals surface area (Å²) in [5.41, 5.74) is 3.56. The Morgan fingerprint density at radius 3 is 2.70 bits per heavy atom. The SMILES string of the molecule is CCCNC(C)c1c(F)cccc1-n1cnc(C)c1C. The molecule has 1 unspecified atom stereocenters. The van der Waals surface area contributed by atoms with Crippen molar-refractivity contribution in [3.8, 4) is 5.69 Å². The van der Waals surface area contributed by atoms with Crippen molar-refractivity contribution in [1.82, 2.24) is 14.9 Å². The second-order valence-electron chi connectivity index (χ2n) is 5.13. The van der Waals surface area contributed by atoms with Crippen LogP contribution in [0, 0.1) is 19.7 Å². The minimum absolute atomic E-state index is 0.0340. The molecule has 0 aliphatic carbocycles. The molecule has 2 aromatic rings. The number of hydrogen-bond acceptors (Lipinski definition) is 2. The van der Waals surface area contributed by atoms with Gasteiger partial charge in [-0.3, -0.25) is 0 Å². The Bertz CT molecular complexity index is 589. The van der Waals surface area contributed by atoms with Crippen LogP contribution in [-0.2, 0) is 0 Å². The summed E-state index contributed by atoms with van der Waals surface area (Å²) in [6.07, 6.45) is 2.78. The van der Waals surface area contributed by atoms with Gasteiger partial charge in [-0.25, -0.2) is 9.37 Å². The molecule has 3 nitrogen and oxygen atoms in total. The monoisotopic (exact) mass is 275 g/mol. The number of halogens is 1. The highest BCUT2D eigenvalue weighted by atomic mass is 19.1. The van der Waals surface area contributed by atoms with Crippen molar-refractivity contribution in [3.05, 3.63) is 47.3 Å². The minimum atomic E-state index is -0.177. The minimum Gasteiger partial charge on any atom is -0.310 e. The number of benzene rings is 1. The summed E-state index contributed by atoms with van der Waals surface area (Å²) in [5.74, 6) is -0.177. The zero-order valence-electron chi connectivity index (χ0n) is 12.6. The van der Waals surface area contributed by atoms with Crippen LogP contribution in [-0.4, -0.2) is 16.1 Å². The molecular formula is C16H22FN3. The molecule has 0 aliphatic rings. The van der Waals surface area contributed by atoms with Gasteiger partial charge >= 0.3 is 0 Å². The van der Waals surface area contributed by atoms with E-state index >= 15 is 0 Å². The molecule has 1 aromatic carbocycles. The van der Waals surface area contributed by atoms with Crippen molar-refractivity contribution < 1.29 is 4.39 Å². The maximum Gasteiger partial charge on any atom is 0.130 e. The third-order valence-corrected chi connectivity index (χ3v) is 3.67. The van der Waals surface area contributed by atoms with E-state index in [2.05, 4.69) is 17.2 Å². The van der Waals surface area contributed by atoms with Crippen LogP contribution >= 0.6 is 0 Å². The fourth-order valence-corrected chi connectivity index (χ4v) is 2.37. The van der Waals surface area contributed by atoms with Crippen molar-refractivity contribution in [2.75, 3.05) is 6.54 Å². The topological polar surface area (TPSA) is 29.9 Å². The molecule has 2 rings (SSSR count). The van der Waals surface area contributed by atoms with Crippen LogP contribution < -0.4 is 5.32 Å². The number of rotatable bonds is 5. The molecule has 1 atom stereocenters. The molecule has 4 heteroatoms. The quantitative estimate of drug-likeness (QED) is 0.902. The Hall–Kier alpha value is -1.68. The van der Waals surface area contributed by atoms with Gasteiger partial charge in [-0.2, -0.15) is 0 Å². The van der Waals surface area contributed by atoms with Gasteiger partial charge in [0.1, 0.15) is 5.82 Å². The number of hydrogen-bond donors (Lipinski definition) is 1. The van der Waals surface area contributed by atoms with Crippen LogP contribution in [0.4, 0.5) is 4.39 Å². The van der Waals surface area contributed by atoms with Crippen LogP contribution in [0.15, 0.2) is 24.5 Å². The van der Waals surface area contributed by atoms with Crippen LogP contribution in [0.1, 0.15) is 43.3 Å². The molecule has 108 valence electrons. The normalized spacial score (nSPS) is 12.7. The summed E-state index contributed by atoms with van der Waals surface area (Å²) < 4.78 is 16.2. The fourth-order valence-electron chi connectivity index (χ4n) is 2.37. The highest BCUT2D eigenvalue weighted by Crippen LogP contribution is 2.26. The molecule has 0 radical (unpaired) electrons. The van der Waals surface area contributed by atoms with Crippen molar-refractivity contribution in [2.24, 2.45) is 0 Å². The summed E-state index contributed by atoms with van der Waals surface area (Å²) in [7, 11) is 0. The molecule has 1 N–H and O–H groups in total. The standard InChI is InChI=1S/C16H22FN3/c1-5-9-18-12(3)16-14(17)7-6-8-15(16)20-10-19-11(2)13(20)4/h6-8,10,12,18H,5,9H2,1-4H3. The van der Waals surface area contributed by atoms with E-state index in [-0.39, 0.29) is 11.9 Å². The Morgan fingerprint density at radius 1 is 1.35 bits per heavy atom. The number of nitrogens with one attached hydrogen (secondary N) is 1. The first-order valence-electron chi connectivity index (χ1n) is 7.09. The second-order valence-corrected chi connectivity index (χ2v) is 5.13. The van der Waals surface area contributed by atoms with Gasteiger partial charge in [0.05, 0.1) is 17.7 Å². The van der Waals surface area contributed by atoms with Gasteiger partial charge in [-0.05, 0) is 45.9 Å². The summed E-state index contributed by atoms with van der Waals surface area (Å²) in [5, 5.41) is 3.35. The van der Waals surface area contributed by atoms with Gasteiger partial charge in [0.25, 0.3) is 0 Å². The predicted octanol–water partition coefficient (Wildman–Crippen LogP) is 3.69. The third kappa shape index (κ3) is 2.75. The number of nitrogens with zero attached hydrogens (tertiary/aromatic N) is 2. The largest absolute Gasteiger partial charge is 0.310 e. The summed E-state index contributed by atoms with van der Waals surface area (Å²) >= 11 is 0. The van der Waals surface area contributed by atoms with Crippen molar-refractivity contribution in [1.29, 1.82) is 0 Å². The molecule has 0 fully saturated rings. The van der Waals surface area contributed by atoms with Crippen LogP contribution in [0.3, 0.4) is 0 Å². The lowest BCUT2D eigenvalue weighted by molar-refractivity contribution is 0.525. The lowest BCUT2D eigenvalue weighted by Crippen LogP contribution is -2.22. The van der Waals surface area contributed by atoms with E-state index < -0.39 is 0 Å².